The first-order valence-electron chi connectivity index (χ1n) is 8.41. The lowest BCUT2D eigenvalue weighted by molar-refractivity contribution is 0.0357. The number of fused-ring (bicyclic) bond motifs is 1. The molecule has 3 rings (SSSR count). The fourth-order valence-corrected chi connectivity index (χ4v) is 3.51. The zero-order chi connectivity index (χ0) is 17.3. The van der Waals surface area contributed by atoms with Crippen molar-refractivity contribution in [1.29, 1.82) is 0 Å². The monoisotopic (exact) mass is 331 g/mol. The first-order valence-corrected chi connectivity index (χ1v) is 8.41. The summed E-state index contributed by atoms with van der Waals surface area (Å²) >= 11 is 0. The zero-order valence-electron chi connectivity index (χ0n) is 14.5. The van der Waals surface area contributed by atoms with Gasteiger partial charge in [-0.25, -0.2) is 4.98 Å². The van der Waals surface area contributed by atoms with E-state index < -0.39 is 5.60 Å². The number of aromatic nitrogens is 2. The van der Waals surface area contributed by atoms with E-state index in [9.17, 15) is 9.90 Å². The normalized spacial score (nSPS) is 16.6. The standard InChI is InChI=1S/C18H25N3O3/c1-18(2,23)11-12-5-8-21(9-6-12)17(22)14-10-13-15(24-3)4-7-19-16(13)20-14/h4,7,10,12,23H,5-6,8-9,11H2,1-3H3,(H,19,20). The van der Waals surface area contributed by atoms with Gasteiger partial charge in [0.25, 0.3) is 5.91 Å². The van der Waals surface area contributed by atoms with E-state index in [1.165, 1.54) is 0 Å². The number of H-pyrrole nitrogens is 1. The third-order valence-electron chi connectivity index (χ3n) is 4.63. The Morgan fingerprint density at radius 1 is 1.46 bits per heavy atom. The number of methoxy groups -OCH3 is 1. The van der Waals surface area contributed by atoms with Gasteiger partial charge in [-0.1, -0.05) is 0 Å². The number of aromatic amines is 1. The summed E-state index contributed by atoms with van der Waals surface area (Å²) in [6, 6.07) is 3.60. The Hall–Kier alpha value is -2.08. The van der Waals surface area contributed by atoms with Crippen LogP contribution in [0.1, 0.15) is 43.6 Å². The highest BCUT2D eigenvalue weighted by Gasteiger charge is 2.28. The van der Waals surface area contributed by atoms with Crippen LogP contribution in [0.2, 0.25) is 0 Å². The van der Waals surface area contributed by atoms with Crippen LogP contribution in [0.5, 0.6) is 5.75 Å². The summed E-state index contributed by atoms with van der Waals surface area (Å²) in [5.74, 6) is 1.18. The second-order valence-corrected chi connectivity index (χ2v) is 7.21. The second-order valence-electron chi connectivity index (χ2n) is 7.21. The van der Waals surface area contributed by atoms with Crippen molar-refractivity contribution in [2.24, 2.45) is 5.92 Å². The van der Waals surface area contributed by atoms with Gasteiger partial charge in [-0.2, -0.15) is 0 Å². The number of amides is 1. The molecule has 0 aromatic carbocycles. The van der Waals surface area contributed by atoms with Crippen molar-refractivity contribution in [3.8, 4) is 5.75 Å². The lowest BCUT2D eigenvalue weighted by atomic mass is 9.86. The van der Waals surface area contributed by atoms with Crippen molar-refractivity contribution < 1.29 is 14.6 Å². The van der Waals surface area contributed by atoms with E-state index in [0.29, 0.717) is 23.0 Å². The molecule has 2 aromatic heterocycles. The molecule has 0 saturated carbocycles. The van der Waals surface area contributed by atoms with Crippen LogP contribution in [0.3, 0.4) is 0 Å². The summed E-state index contributed by atoms with van der Waals surface area (Å²) in [6.07, 6.45) is 4.30. The van der Waals surface area contributed by atoms with E-state index in [0.717, 1.165) is 37.7 Å². The van der Waals surface area contributed by atoms with E-state index in [4.69, 9.17) is 4.74 Å². The topological polar surface area (TPSA) is 78.5 Å². The van der Waals surface area contributed by atoms with Crippen LogP contribution in [-0.4, -0.2) is 51.7 Å². The molecule has 0 unspecified atom stereocenters. The molecule has 6 nitrogen and oxygen atoms in total. The highest BCUT2D eigenvalue weighted by atomic mass is 16.5. The predicted octanol–water partition coefficient (Wildman–Crippen LogP) is 2.58. The minimum atomic E-state index is -0.643. The van der Waals surface area contributed by atoms with Crippen LogP contribution >= 0.6 is 0 Å². The molecule has 1 aliphatic rings. The molecule has 1 aliphatic heterocycles. The number of ether oxygens (including phenoxy) is 1. The fraction of sp³-hybridized carbons (Fsp3) is 0.556. The van der Waals surface area contributed by atoms with E-state index in [1.54, 1.807) is 19.4 Å². The highest BCUT2D eigenvalue weighted by molar-refractivity contribution is 5.98. The van der Waals surface area contributed by atoms with Gasteiger partial charge in [0.1, 0.15) is 17.1 Å². The molecule has 130 valence electrons. The smallest absolute Gasteiger partial charge is 0.270 e. The molecular weight excluding hydrogens is 306 g/mol. The molecular formula is C18H25N3O3. The molecule has 1 saturated heterocycles. The third kappa shape index (κ3) is 3.53. The minimum Gasteiger partial charge on any atom is -0.496 e. The van der Waals surface area contributed by atoms with E-state index in [1.807, 2.05) is 24.8 Å². The van der Waals surface area contributed by atoms with Gasteiger partial charge in [0.05, 0.1) is 18.1 Å². The predicted molar refractivity (Wildman–Crippen MR) is 92.2 cm³/mol. The summed E-state index contributed by atoms with van der Waals surface area (Å²) < 4.78 is 5.32. The van der Waals surface area contributed by atoms with Gasteiger partial charge in [-0.3, -0.25) is 4.79 Å². The molecule has 0 atom stereocenters. The van der Waals surface area contributed by atoms with E-state index >= 15 is 0 Å². The average Bonchev–Trinajstić information content (AvgIpc) is 2.97. The average molecular weight is 331 g/mol. The Morgan fingerprint density at radius 3 is 2.79 bits per heavy atom. The molecule has 24 heavy (non-hydrogen) atoms. The number of piperidine rings is 1. The van der Waals surface area contributed by atoms with Crippen LogP contribution in [0.15, 0.2) is 18.3 Å². The van der Waals surface area contributed by atoms with E-state index in [-0.39, 0.29) is 5.91 Å². The fourth-order valence-electron chi connectivity index (χ4n) is 3.51. The molecule has 1 amide bonds. The number of hydrogen-bond donors (Lipinski definition) is 2. The Morgan fingerprint density at radius 2 is 2.17 bits per heavy atom. The lowest BCUT2D eigenvalue weighted by Crippen LogP contribution is -2.40. The number of carbonyl (C=O) groups is 1. The molecule has 1 fully saturated rings. The van der Waals surface area contributed by atoms with Crippen molar-refractivity contribution in [2.45, 2.75) is 38.7 Å². The van der Waals surface area contributed by atoms with Crippen molar-refractivity contribution in [1.82, 2.24) is 14.9 Å². The van der Waals surface area contributed by atoms with Crippen molar-refractivity contribution in [2.75, 3.05) is 20.2 Å². The maximum Gasteiger partial charge on any atom is 0.270 e. The van der Waals surface area contributed by atoms with Gasteiger partial charge in [0.15, 0.2) is 0 Å². The largest absolute Gasteiger partial charge is 0.496 e. The van der Waals surface area contributed by atoms with Gasteiger partial charge in [-0.15, -0.1) is 0 Å². The number of nitrogens with one attached hydrogen (secondary N) is 1. The van der Waals surface area contributed by atoms with Gasteiger partial charge in [0, 0.05) is 19.3 Å². The summed E-state index contributed by atoms with van der Waals surface area (Å²) in [6.45, 7) is 5.13. The summed E-state index contributed by atoms with van der Waals surface area (Å²) in [4.78, 5) is 22.0. The lowest BCUT2D eigenvalue weighted by Gasteiger charge is -2.34. The minimum absolute atomic E-state index is 0.00300. The molecule has 0 bridgehead atoms. The summed E-state index contributed by atoms with van der Waals surface area (Å²) in [5, 5.41) is 10.8. The van der Waals surface area contributed by atoms with Gasteiger partial charge in [0.2, 0.25) is 0 Å². The van der Waals surface area contributed by atoms with Crippen LogP contribution < -0.4 is 4.74 Å². The third-order valence-corrected chi connectivity index (χ3v) is 4.63. The van der Waals surface area contributed by atoms with Gasteiger partial charge in [-0.05, 0) is 51.2 Å². The molecule has 3 heterocycles. The Kier molecular flexibility index (Phi) is 4.49. The maximum atomic E-state index is 12.7. The van der Waals surface area contributed by atoms with E-state index in [2.05, 4.69) is 9.97 Å². The highest BCUT2D eigenvalue weighted by Crippen LogP contribution is 2.28. The molecule has 6 heteroatoms. The SMILES string of the molecule is COc1ccnc2[nH]c(C(=O)N3CCC(CC(C)(C)O)CC3)cc12. The zero-order valence-corrected chi connectivity index (χ0v) is 14.5. The molecule has 2 N–H and O–H groups in total. The number of pyridine rings is 1. The number of hydrogen-bond acceptors (Lipinski definition) is 4. The molecule has 2 aromatic rings. The van der Waals surface area contributed by atoms with Gasteiger partial charge < -0.3 is 19.7 Å². The van der Waals surface area contributed by atoms with Gasteiger partial charge >= 0.3 is 0 Å². The van der Waals surface area contributed by atoms with Crippen LogP contribution in [0.4, 0.5) is 0 Å². The first-order chi connectivity index (χ1) is 11.4. The number of aliphatic hydroxyl groups is 1. The number of likely N-dealkylation sites (tertiary alicyclic amines) is 1. The Balaban J connectivity index is 1.70. The quantitative estimate of drug-likeness (QED) is 0.902. The number of carbonyl (C=O) groups excluding carboxylic acids is 1. The van der Waals surface area contributed by atoms with Crippen LogP contribution in [0.25, 0.3) is 11.0 Å². The van der Waals surface area contributed by atoms with Crippen molar-refractivity contribution in [3.05, 3.63) is 24.0 Å². The number of nitrogens with zero attached hydrogens (tertiary/aromatic N) is 2. The molecule has 0 spiro atoms. The Bertz CT molecular complexity index is 725. The molecule has 0 radical (unpaired) electrons. The molecule has 0 aliphatic carbocycles. The summed E-state index contributed by atoms with van der Waals surface area (Å²) in [7, 11) is 1.61. The van der Waals surface area contributed by atoms with Crippen molar-refractivity contribution in [3.63, 3.8) is 0 Å². The number of rotatable bonds is 4. The Labute approximate surface area is 141 Å². The summed E-state index contributed by atoms with van der Waals surface area (Å²) in [5.41, 5.74) is 0.563. The maximum absolute atomic E-state index is 12.7. The van der Waals surface area contributed by atoms with Crippen molar-refractivity contribution >= 4 is 16.9 Å². The second kappa shape index (κ2) is 6.43. The first kappa shape index (κ1) is 16.8. The van der Waals surface area contributed by atoms with Crippen LogP contribution in [-0.2, 0) is 0 Å². The van der Waals surface area contributed by atoms with Crippen LogP contribution in [0, 0.1) is 5.92 Å².